The highest BCUT2D eigenvalue weighted by Gasteiger charge is 2.32. The minimum absolute atomic E-state index is 0.0307. The average Bonchev–Trinajstić information content (AvgIpc) is 2.94. The molecule has 0 spiro atoms. The number of carbonyl (C=O) groups excluding carboxylic acids is 1. The lowest BCUT2D eigenvalue weighted by molar-refractivity contribution is -0.117. The van der Waals surface area contributed by atoms with Gasteiger partial charge in [-0.05, 0) is 130 Å². The zero-order valence-corrected chi connectivity index (χ0v) is 24.4. The molecule has 4 rings (SSSR count). The van der Waals surface area contributed by atoms with E-state index in [1.54, 1.807) is 6.92 Å². The molecule has 1 aromatic rings. The van der Waals surface area contributed by atoms with Crippen molar-refractivity contribution < 1.29 is 9.18 Å². The lowest BCUT2D eigenvalue weighted by Gasteiger charge is -2.38. The molecule has 2 nitrogen and oxygen atoms in total. The first-order valence-corrected chi connectivity index (χ1v) is 16.2. The molecular weight excluding hydrogens is 469 g/mol. The lowest BCUT2D eigenvalue weighted by atomic mass is 9.68. The van der Waals surface area contributed by atoms with Crippen molar-refractivity contribution >= 4 is 5.91 Å². The van der Waals surface area contributed by atoms with Crippen LogP contribution in [-0.4, -0.2) is 12.5 Å². The van der Waals surface area contributed by atoms with Crippen molar-refractivity contribution in [3.05, 3.63) is 47.3 Å². The number of carbonyl (C=O) groups is 1. The van der Waals surface area contributed by atoms with E-state index in [4.69, 9.17) is 0 Å². The van der Waals surface area contributed by atoms with Crippen LogP contribution in [0.5, 0.6) is 0 Å². The van der Waals surface area contributed by atoms with Gasteiger partial charge in [0.25, 0.3) is 0 Å². The molecule has 38 heavy (non-hydrogen) atoms. The third kappa shape index (κ3) is 8.18. The van der Waals surface area contributed by atoms with E-state index in [0.29, 0.717) is 29.9 Å². The molecule has 0 bridgehead atoms. The molecule has 1 N–H and O–H groups in total. The fourth-order valence-electron chi connectivity index (χ4n) is 7.99. The Balaban J connectivity index is 1.18. The Labute approximate surface area is 232 Å². The van der Waals surface area contributed by atoms with Gasteiger partial charge in [-0.3, -0.25) is 4.79 Å². The van der Waals surface area contributed by atoms with Crippen LogP contribution in [-0.2, 0) is 4.79 Å². The quantitative estimate of drug-likeness (QED) is 0.227. The molecule has 0 atom stereocenters. The second-order valence-electron chi connectivity index (χ2n) is 13.2. The van der Waals surface area contributed by atoms with Crippen molar-refractivity contribution in [3.8, 4) is 0 Å². The standard InChI is InChI=1S/C35H54FNO/c1-4-5-6-7-26-8-12-28(13-9-26)29-16-18-30(19-17-29)32-20-21-33(34(36)24-32)31-14-10-27(11-15-31)22-23-37-35(38)25(2)3/h20-21,24,26-31H,2,4-19,22-23H2,1,3H3,(H,37,38). The number of unbranched alkanes of at least 4 members (excludes halogenated alkanes) is 2. The van der Waals surface area contributed by atoms with E-state index in [1.807, 2.05) is 6.07 Å². The molecule has 0 aromatic heterocycles. The highest BCUT2D eigenvalue weighted by molar-refractivity contribution is 5.92. The van der Waals surface area contributed by atoms with Gasteiger partial charge in [0.15, 0.2) is 0 Å². The molecule has 3 saturated carbocycles. The van der Waals surface area contributed by atoms with Gasteiger partial charge in [-0.1, -0.05) is 64.2 Å². The van der Waals surface area contributed by atoms with E-state index in [-0.39, 0.29) is 11.7 Å². The van der Waals surface area contributed by atoms with E-state index in [1.165, 1.54) is 82.6 Å². The molecule has 212 valence electrons. The molecule has 3 aliphatic rings. The zero-order chi connectivity index (χ0) is 26.9. The number of hydrogen-bond donors (Lipinski definition) is 1. The van der Waals surface area contributed by atoms with Gasteiger partial charge in [0, 0.05) is 12.1 Å². The summed E-state index contributed by atoms with van der Waals surface area (Å²) < 4.78 is 15.3. The fourth-order valence-corrected chi connectivity index (χ4v) is 7.99. The van der Waals surface area contributed by atoms with Crippen molar-refractivity contribution in [3.63, 3.8) is 0 Å². The largest absolute Gasteiger partial charge is 0.352 e. The highest BCUT2D eigenvalue weighted by Crippen LogP contribution is 2.45. The van der Waals surface area contributed by atoms with Crippen molar-refractivity contribution in [1.82, 2.24) is 5.32 Å². The highest BCUT2D eigenvalue weighted by atomic mass is 19.1. The van der Waals surface area contributed by atoms with E-state index in [0.717, 1.165) is 55.4 Å². The number of hydrogen-bond acceptors (Lipinski definition) is 1. The summed E-state index contributed by atoms with van der Waals surface area (Å²) in [5.41, 5.74) is 2.74. The Hall–Kier alpha value is -1.64. The molecule has 0 radical (unpaired) electrons. The van der Waals surface area contributed by atoms with Gasteiger partial charge >= 0.3 is 0 Å². The summed E-state index contributed by atoms with van der Waals surface area (Å²) in [6, 6.07) is 6.26. The Kier molecular flexibility index (Phi) is 11.3. The van der Waals surface area contributed by atoms with Crippen LogP contribution >= 0.6 is 0 Å². The maximum atomic E-state index is 15.3. The summed E-state index contributed by atoms with van der Waals surface area (Å²) >= 11 is 0. The van der Waals surface area contributed by atoms with Gasteiger partial charge in [-0.2, -0.15) is 0 Å². The Morgan fingerprint density at radius 3 is 2.03 bits per heavy atom. The average molecular weight is 524 g/mol. The van der Waals surface area contributed by atoms with Crippen LogP contribution < -0.4 is 5.32 Å². The summed E-state index contributed by atoms with van der Waals surface area (Å²) in [6.07, 6.45) is 22.0. The number of benzene rings is 1. The van der Waals surface area contributed by atoms with E-state index < -0.39 is 0 Å². The third-order valence-electron chi connectivity index (χ3n) is 10.6. The SMILES string of the molecule is C=C(C)C(=O)NCCC1CCC(c2ccc(C3CCC(C4CCC(CCCCC)CC4)CC3)cc2F)CC1. The van der Waals surface area contributed by atoms with Gasteiger partial charge in [0.05, 0.1) is 0 Å². The van der Waals surface area contributed by atoms with E-state index in [2.05, 4.69) is 31.0 Å². The molecule has 0 unspecified atom stereocenters. The third-order valence-corrected chi connectivity index (χ3v) is 10.6. The maximum absolute atomic E-state index is 15.3. The number of nitrogens with one attached hydrogen (secondary N) is 1. The second-order valence-corrected chi connectivity index (χ2v) is 13.2. The first-order valence-electron chi connectivity index (χ1n) is 16.2. The first-order chi connectivity index (χ1) is 18.4. The van der Waals surface area contributed by atoms with Crippen LogP contribution in [0.3, 0.4) is 0 Å². The number of rotatable bonds is 11. The van der Waals surface area contributed by atoms with Crippen molar-refractivity contribution in [2.45, 2.75) is 135 Å². The van der Waals surface area contributed by atoms with Gasteiger partial charge in [-0.25, -0.2) is 4.39 Å². The molecule has 0 aliphatic heterocycles. The smallest absolute Gasteiger partial charge is 0.246 e. The molecule has 0 saturated heterocycles. The zero-order valence-electron chi connectivity index (χ0n) is 24.4. The van der Waals surface area contributed by atoms with Crippen LogP contribution in [0.1, 0.15) is 146 Å². The first kappa shape index (κ1) is 29.3. The van der Waals surface area contributed by atoms with Gasteiger partial charge < -0.3 is 5.32 Å². The van der Waals surface area contributed by atoms with E-state index >= 15 is 4.39 Å². The second kappa shape index (κ2) is 14.7. The Morgan fingerprint density at radius 2 is 1.42 bits per heavy atom. The molecule has 3 aliphatic carbocycles. The monoisotopic (exact) mass is 523 g/mol. The molecule has 0 heterocycles. The van der Waals surface area contributed by atoms with E-state index in [9.17, 15) is 4.79 Å². The van der Waals surface area contributed by atoms with Crippen LogP contribution in [0.4, 0.5) is 4.39 Å². The number of amides is 1. The Bertz CT molecular complexity index is 885. The predicted molar refractivity (Wildman–Crippen MR) is 158 cm³/mol. The van der Waals surface area contributed by atoms with Crippen LogP contribution in [0.15, 0.2) is 30.4 Å². The summed E-state index contributed by atoms with van der Waals surface area (Å²) in [5.74, 6) is 4.37. The molecule has 1 amide bonds. The molecule has 1 aromatic carbocycles. The fraction of sp³-hybridized carbons (Fsp3) is 0.743. The number of halogens is 1. The predicted octanol–water partition coefficient (Wildman–Crippen LogP) is 9.84. The molecule has 3 fully saturated rings. The summed E-state index contributed by atoms with van der Waals surface area (Å²) in [7, 11) is 0. The lowest BCUT2D eigenvalue weighted by Crippen LogP contribution is -2.27. The van der Waals surface area contributed by atoms with Gasteiger partial charge in [0.2, 0.25) is 5.91 Å². The topological polar surface area (TPSA) is 29.1 Å². The molecular formula is C35H54FNO. The van der Waals surface area contributed by atoms with Crippen LogP contribution in [0, 0.1) is 29.5 Å². The van der Waals surface area contributed by atoms with Gasteiger partial charge in [0.1, 0.15) is 5.82 Å². The Morgan fingerprint density at radius 1 is 0.842 bits per heavy atom. The summed E-state index contributed by atoms with van der Waals surface area (Å²) in [6.45, 7) is 8.46. The summed E-state index contributed by atoms with van der Waals surface area (Å²) in [5, 5.41) is 2.95. The van der Waals surface area contributed by atoms with Crippen LogP contribution in [0.2, 0.25) is 0 Å². The van der Waals surface area contributed by atoms with Crippen molar-refractivity contribution in [2.24, 2.45) is 23.7 Å². The van der Waals surface area contributed by atoms with Crippen molar-refractivity contribution in [2.75, 3.05) is 6.54 Å². The maximum Gasteiger partial charge on any atom is 0.246 e. The van der Waals surface area contributed by atoms with Crippen molar-refractivity contribution in [1.29, 1.82) is 0 Å². The van der Waals surface area contributed by atoms with Crippen LogP contribution in [0.25, 0.3) is 0 Å². The minimum atomic E-state index is -0.0466. The summed E-state index contributed by atoms with van der Waals surface area (Å²) in [4.78, 5) is 11.7. The normalized spacial score (nSPS) is 30.1. The molecule has 3 heteroatoms. The minimum Gasteiger partial charge on any atom is -0.352 e. The van der Waals surface area contributed by atoms with Gasteiger partial charge in [-0.15, -0.1) is 0 Å².